The third kappa shape index (κ3) is 5.38. The number of aryl methyl sites for hydroxylation is 1. The van der Waals surface area contributed by atoms with Crippen molar-refractivity contribution in [2.45, 2.75) is 43.7 Å². The monoisotopic (exact) mass is 590 g/mol. The summed E-state index contributed by atoms with van der Waals surface area (Å²) >= 11 is 2.16. The molecule has 3 aromatic rings. The van der Waals surface area contributed by atoms with Gasteiger partial charge in [-0.05, 0) is 85.8 Å². The number of sulfonamides is 1. The lowest BCUT2D eigenvalue weighted by molar-refractivity contribution is -0.120. The number of halogens is 1. The molecule has 6 nitrogen and oxygen atoms in total. The van der Waals surface area contributed by atoms with Crippen molar-refractivity contribution in [3.63, 3.8) is 0 Å². The van der Waals surface area contributed by atoms with Gasteiger partial charge in [0.05, 0.1) is 16.6 Å². The van der Waals surface area contributed by atoms with Crippen molar-refractivity contribution in [1.29, 1.82) is 0 Å². The van der Waals surface area contributed by atoms with Crippen molar-refractivity contribution in [3.05, 3.63) is 87.5 Å². The minimum Gasteiger partial charge on any atom is -0.487 e. The highest BCUT2D eigenvalue weighted by Gasteiger charge is 2.35. The van der Waals surface area contributed by atoms with Crippen LogP contribution in [0.3, 0.4) is 0 Å². The summed E-state index contributed by atoms with van der Waals surface area (Å²) in [7, 11) is -3.95. The second-order valence-corrected chi connectivity index (χ2v) is 12.1. The number of hydrogen-bond acceptors (Lipinski definition) is 4. The van der Waals surface area contributed by atoms with Crippen LogP contribution in [0, 0.1) is 10.5 Å². The van der Waals surface area contributed by atoms with Gasteiger partial charge in [-0.1, -0.05) is 35.9 Å². The summed E-state index contributed by atoms with van der Waals surface area (Å²) in [6.07, 6.45) is 0.574. The van der Waals surface area contributed by atoms with E-state index in [0.29, 0.717) is 12.1 Å². The Kier molecular flexibility index (Phi) is 6.91. The van der Waals surface area contributed by atoms with Crippen LogP contribution in [0.15, 0.2) is 77.7 Å². The highest BCUT2D eigenvalue weighted by Crippen LogP contribution is 2.40. The van der Waals surface area contributed by atoms with Crippen molar-refractivity contribution in [1.82, 2.24) is 5.32 Å². The highest BCUT2D eigenvalue weighted by molar-refractivity contribution is 14.1. The number of nitrogens with one attached hydrogen (secondary N) is 1. The first-order chi connectivity index (χ1) is 16.0. The van der Waals surface area contributed by atoms with Crippen molar-refractivity contribution < 1.29 is 17.9 Å². The molecule has 1 amide bonds. The van der Waals surface area contributed by atoms with Crippen LogP contribution in [-0.4, -0.2) is 26.5 Å². The Balaban J connectivity index is 1.64. The molecule has 4 rings (SSSR count). The van der Waals surface area contributed by atoms with Crippen LogP contribution in [0.25, 0.3) is 0 Å². The van der Waals surface area contributed by atoms with E-state index in [-0.39, 0.29) is 23.4 Å². The fourth-order valence-corrected chi connectivity index (χ4v) is 5.92. The number of amides is 1. The van der Waals surface area contributed by atoms with Crippen LogP contribution in [0.2, 0.25) is 0 Å². The average Bonchev–Trinajstić information content (AvgIpc) is 2.79. The predicted octanol–water partition coefficient (Wildman–Crippen LogP) is 5.21. The largest absolute Gasteiger partial charge is 0.487 e. The third-order valence-electron chi connectivity index (χ3n) is 5.69. The van der Waals surface area contributed by atoms with Crippen molar-refractivity contribution in [2.75, 3.05) is 10.8 Å². The maximum atomic E-state index is 13.5. The van der Waals surface area contributed by atoms with Gasteiger partial charge >= 0.3 is 0 Å². The first kappa shape index (κ1) is 24.5. The molecule has 0 saturated carbocycles. The van der Waals surface area contributed by atoms with Crippen LogP contribution >= 0.6 is 22.6 Å². The van der Waals surface area contributed by atoms with Gasteiger partial charge in [-0.25, -0.2) is 8.42 Å². The van der Waals surface area contributed by atoms with Gasteiger partial charge in [-0.2, -0.15) is 0 Å². The van der Waals surface area contributed by atoms with E-state index in [1.807, 2.05) is 51.1 Å². The molecule has 1 atom stereocenters. The summed E-state index contributed by atoms with van der Waals surface area (Å²) in [5.74, 6) is 0.353. The van der Waals surface area contributed by atoms with E-state index in [2.05, 4.69) is 27.9 Å². The van der Waals surface area contributed by atoms with Gasteiger partial charge < -0.3 is 10.1 Å². The number of hydrogen-bond donors (Lipinski definition) is 1. The molecule has 1 unspecified atom stereocenters. The number of nitrogens with zero attached hydrogens (tertiary/aromatic N) is 1. The molecule has 0 saturated heterocycles. The zero-order valence-electron chi connectivity index (χ0n) is 19.3. The zero-order chi connectivity index (χ0) is 24.5. The van der Waals surface area contributed by atoms with Gasteiger partial charge in [0.25, 0.3) is 10.0 Å². The second-order valence-electron chi connectivity index (χ2n) is 9.03. The summed E-state index contributed by atoms with van der Waals surface area (Å²) in [5.41, 5.74) is 1.93. The van der Waals surface area contributed by atoms with Crippen LogP contribution in [0.4, 0.5) is 5.69 Å². The Labute approximate surface area is 214 Å². The van der Waals surface area contributed by atoms with E-state index in [4.69, 9.17) is 4.74 Å². The molecule has 0 spiro atoms. The first-order valence-electron chi connectivity index (χ1n) is 11.0. The Morgan fingerprint density at radius 1 is 1.09 bits per heavy atom. The highest BCUT2D eigenvalue weighted by atomic mass is 127. The molecule has 178 valence electrons. The Bertz CT molecular complexity index is 1290. The number of rotatable bonds is 6. The smallest absolute Gasteiger partial charge is 0.264 e. The Morgan fingerprint density at radius 2 is 1.76 bits per heavy atom. The maximum absolute atomic E-state index is 13.5. The number of carbonyl (C=O) groups is 1. The van der Waals surface area contributed by atoms with Gasteiger partial charge in [0.2, 0.25) is 5.91 Å². The predicted molar refractivity (Wildman–Crippen MR) is 142 cm³/mol. The molecule has 0 fully saturated rings. The summed E-state index contributed by atoms with van der Waals surface area (Å²) in [6.45, 7) is 5.61. The SMILES string of the molecule is Cc1ccc2c(c1)C(NC(=O)CN(c1ccc(I)cc1)S(=O)(=O)c1ccccc1)CC(C)(C)O2. The normalized spacial score (nSPS) is 16.8. The molecule has 1 heterocycles. The molecule has 0 aliphatic carbocycles. The fourth-order valence-electron chi connectivity index (χ4n) is 4.12. The Morgan fingerprint density at radius 3 is 2.44 bits per heavy atom. The topological polar surface area (TPSA) is 75.7 Å². The minimum atomic E-state index is -3.95. The van der Waals surface area contributed by atoms with E-state index < -0.39 is 15.6 Å². The molecule has 1 aliphatic heterocycles. The van der Waals surface area contributed by atoms with Crippen molar-refractivity contribution in [2.24, 2.45) is 0 Å². The number of benzene rings is 3. The third-order valence-corrected chi connectivity index (χ3v) is 8.20. The van der Waals surface area contributed by atoms with Gasteiger partial charge in [0, 0.05) is 15.6 Å². The summed E-state index contributed by atoms with van der Waals surface area (Å²) in [6, 6.07) is 20.8. The Hall–Kier alpha value is -2.59. The van der Waals surface area contributed by atoms with Crippen LogP contribution < -0.4 is 14.4 Å². The summed E-state index contributed by atoms with van der Waals surface area (Å²) in [5, 5.41) is 3.07. The average molecular weight is 590 g/mol. The van der Waals surface area contributed by atoms with Gasteiger partial charge in [0.1, 0.15) is 17.9 Å². The van der Waals surface area contributed by atoms with Crippen LogP contribution in [0.1, 0.15) is 37.4 Å². The van der Waals surface area contributed by atoms with Crippen LogP contribution in [-0.2, 0) is 14.8 Å². The molecule has 3 aromatic carbocycles. The fraction of sp³-hybridized carbons (Fsp3) is 0.269. The standard InChI is InChI=1S/C26H27IN2O4S/c1-18-9-14-24-22(15-18)23(16-26(2,3)33-24)28-25(30)17-29(20-12-10-19(27)11-13-20)34(31,32)21-7-5-4-6-8-21/h4-15,23H,16-17H2,1-3H3,(H,28,30). The molecule has 0 aromatic heterocycles. The lowest BCUT2D eigenvalue weighted by Crippen LogP contribution is -2.45. The van der Waals surface area contributed by atoms with E-state index >= 15 is 0 Å². The number of anilines is 1. The van der Waals surface area contributed by atoms with Gasteiger partial charge in [-0.3, -0.25) is 9.10 Å². The van der Waals surface area contributed by atoms with E-state index in [1.54, 1.807) is 30.3 Å². The van der Waals surface area contributed by atoms with Gasteiger partial charge in [0.15, 0.2) is 0 Å². The zero-order valence-corrected chi connectivity index (χ0v) is 22.3. The minimum absolute atomic E-state index is 0.134. The van der Waals surface area contributed by atoms with E-state index in [0.717, 1.165) is 24.8 Å². The first-order valence-corrected chi connectivity index (χ1v) is 13.5. The molecule has 1 aliphatic rings. The van der Waals surface area contributed by atoms with Crippen molar-refractivity contribution in [3.8, 4) is 5.75 Å². The molecule has 34 heavy (non-hydrogen) atoms. The maximum Gasteiger partial charge on any atom is 0.264 e. The lowest BCUT2D eigenvalue weighted by Gasteiger charge is -2.38. The van der Waals surface area contributed by atoms with Crippen molar-refractivity contribution >= 4 is 44.2 Å². The van der Waals surface area contributed by atoms with Gasteiger partial charge in [-0.15, -0.1) is 0 Å². The van der Waals surface area contributed by atoms with E-state index in [9.17, 15) is 13.2 Å². The lowest BCUT2D eigenvalue weighted by atomic mass is 9.89. The quantitative estimate of drug-likeness (QED) is 0.400. The molecule has 8 heteroatoms. The molecular formula is C26H27IN2O4S. The molecule has 0 radical (unpaired) electrons. The second kappa shape index (κ2) is 9.58. The number of fused-ring (bicyclic) bond motifs is 1. The summed E-state index contributed by atoms with van der Waals surface area (Å²) in [4.78, 5) is 13.4. The molecule has 0 bridgehead atoms. The summed E-state index contributed by atoms with van der Waals surface area (Å²) < 4.78 is 35.3. The van der Waals surface area contributed by atoms with E-state index in [1.165, 1.54) is 12.1 Å². The number of ether oxygens (including phenoxy) is 1. The number of carbonyl (C=O) groups excluding carboxylic acids is 1. The molecular weight excluding hydrogens is 563 g/mol. The molecule has 1 N–H and O–H groups in total. The van der Waals surface area contributed by atoms with Crippen LogP contribution in [0.5, 0.6) is 5.75 Å².